The van der Waals surface area contributed by atoms with E-state index in [1.807, 2.05) is 0 Å². The molecule has 1 aliphatic rings. The lowest BCUT2D eigenvalue weighted by Crippen LogP contribution is -2.75. The summed E-state index contributed by atoms with van der Waals surface area (Å²) < 4.78 is 83.7. The molecule has 0 bridgehead atoms. The number of halogens is 8. The van der Waals surface area contributed by atoms with Crippen molar-refractivity contribution < 1.29 is 40.7 Å². The van der Waals surface area contributed by atoms with Crippen LogP contribution in [0.2, 0.25) is 10.0 Å². The van der Waals surface area contributed by atoms with Crippen molar-refractivity contribution in [3.05, 3.63) is 33.8 Å². The lowest BCUT2D eigenvalue weighted by atomic mass is 9.64. The molecule has 1 aromatic carbocycles. The predicted octanol–water partition coefficient (Wildman–Crippen LogP) is 5.16. The summed E-state index contributed by atoms with van der Waals surface area (Å²) in [5.41, 5.74) is -6.98. The number of alkyl halides is 6. The van der Waals surface area contributed by atoms with Gasteiger partial charge in [0.2, 0.25) is 5.54 Å². The standard InChI is InChI=1S/C18H15Cl2F6NO3/c1-15(2)6-11(28)13(12(29)7-15)16(17(21,22)23,18(24,25)26)27-14(30)9-4-3-8(19)5-10(9)20/h3-5,13H,6-7H2,1-2H3,(H,27,30). The average molecular weight is 478 g/mol. The zero-order valence-electron chi connectivity index (χ0n) is 15.5. The van der Waals surface area contributed by atoms with Crippen LogP contribution in [0, 0.1) is 11.3 Å². The van der Waals surface area contributed by atoms with Gasteiger partial charge in [0, 0.05) is 17.9 Å². The maximum absolute atomic E-state index is 13.9. The maximum Gasteiger partial charge on any atom is 0.421 e. The van der Waals surface area contributed by atoms with Crippen LogP contribution in [-0.2, 0) is 9.59 Å². The van der Waals surface area contributed by atoms with E-state index in [1.165, 1.54) is 13.8 Å². The monoisotopic (exact) mass is 477 g/mol. The third-order valence-electron chi connectivity index (χ3n) is 4.76. The Labute approximate surface area is 176 Å². The molecule has 1 fully saturated rings. The molecule has 0 unspecified atom stereocenters. The summed E-state index contributed by atoms with van der Waals surface area (Å²) in [6.07, 6.45) is -13.8. The molecule has 4 nitrogen and oxygen atoms in total. The Kier molecular flexibility index (Phi) is 6.28. The maximum atomic E-state index is 13.9. The second-order valence-electron chi connectivity index (χ2n) is 7.77. The second-order valence-corrected chi connectivity index (χ2v) is 8.61. The van der Waals surface area contributed by atoms with Gasteiger partial charge in [0.15, 0.2) is 0 Å². The minimum Gasteiger partial charge on any atom is -0.329 e. The summed E-state index contributed by atoms with van der Waals surface area (Å²) in [4.78, 5) is 37.2. The number of Topliss-reactive ketones (excluding diaryl/α,β-unsaturated/α-hetero) is 2. The van der Waals surface area contributed by atoms with Crippen molar-refractivity contribution in [3.63, 3.8) is 0 Å². The van der Waals surface area contributed by atoms with E-state index in [4.69, 9.17) is 23.2 Å². The quantitative estimate of drug-likeness (QED) is 0.483. The SMILES string of the molecule is CC1(C)CC(=O)C(C(NC(=O)c2ccc(Cl)cc2Cl)(C(F)(F)F)C(F)(F)F)C(=O)C1. The molecule has 1 N–H and O–H groups in total. The van der Waals surface area contributed by atoms with Crippen molar-refractivity contribution in [1.29, 1.82) is 0 Å². The van der Waals surface area contributed by atoms with Gasteiger partial charge in [-0.2, -0.15) is 26.3 Å². The molecule has 0 aromatic heterocycles. The zero-order chi connectivity index (χ0) is 23.3. The van der Waals surface area contributed by atoms with E-state index in [2.05, 4.69) is 0 Å². The second kappa shape index (κ2) is 7.71. The van der Waals surface area contributed by atoms with Gasteiger partial charge >= 0.3 is 12.4 Å². The summed E-state index contributed by atoms with van der Waals surface area (Å²) >= 11 is 11.3. The van der Waals surface area contributed by atoms with E-state index in [-0.39, 0.29) is 5.02 Å². The Morgan fingerprint density at radius 2 is 1.47 bits per heavy atom. The number of amides is 1. The van der Waals surface area contributed by atoms with Crippen LogP contribution in [0.5, 0.6) is 0 Å². The Balaban J connectivity index is 2.67. The minimum absolute atomic E-state index is 0.0191. The molecule has 0 saturated heterocycles. The highest BCUT2D eigenvalue weighted by molar-refractivity contribution is 6.36. The normalized spacial score (nSPS) is 18.5. The van der Waals surface area contributed by atoms with Gasteiger partial charge in [0.05, 0.1) is 10.6 Å². The summed E-state index contributed by atoms with van der Waals surface area (Å²) in [7, 11) is 0. The number of hydrogen-bond acceptors (Lipinski definition) is 3. The molecule has 0 heterocycles. The molecular weight excluding hydrogens is 463 g/mol. The van der Waals surface area contributed by atoms with Crippen molar-refractivity contribution in [2.45, 2.75) is 44.6 Å². The van der Waals surface area contributed by atoms with Crippen LogP contribution in [0.25, 0.3) is 0 Å². The van der Waals surface area contributed by atoms with Crippen LogP contribution in [0.4, 0.5) is 26.3 Å². The lowest BCUT2D eigenvalue weighted by molar-refractivity contribution is -0.314. The zero-order valence-corrected chi connectivity index (χ0v) is 17.0. The van der Waals surface area contributed by atoms with Gasteiger partial charge < -0.3 is 5.32 Å². The molecule has 166 valence electrons. The van der Waals surface area contributed by atoms with Gasteiger partial charge in [-0.25, -0.2) is 0 Å². The average Bonchev–Trinajstić information content (AvgIpc) is 2.49. The number of benzene rings is 1. The fourth-order valence-corrected chi connectivity index (χ4v) is 3.99. The number of carbonyl (C=O) groups excluding carboxylic acids is 3. The summed E-state index contributed by atoms with van der Waals surface area (Å²) in [6.45, 7) is 2.74. The number of rotatable bonds is 3. The molecule has 1 amide bonds. The number of nitrogens with one attached hydrogen (secondary N) is 1. The van der Waals surface area contributed by atoms with Gasteiger partial charge in [-0.05, 0) is 23.6 Å². The number of carbonyl (C=O) groups is 3. The molecule has 0 aliphatic heterocycles. The van der Waals surface area contributed by atoms with Crippen molar-refractivity contribution in [2.75, 3.05) is 0 Å². The topological polar surface area (TPSA) is 63.2 Å². The molecular formula is C18H15Cl2F6NO3. The first-order valence-electron chi connectivity index (χ1n) is 8.39. The van der Waals surface area contributed by atoms with Crippen LogP contribution in [-0.4, -0.2) is 35.4 Å². The molecule has 30 heavy (non-hydrogen) atoms. The highest BCUT2D eigenvalue weighted by atomic mass is 35.5. The number of ketones is 2. The van der Waals surface area contributed by atoms with E-state index in [0.29, 0.717) is 0 Å². The van der Waals surface area contributed by atoms with E-state index < -0.39 is 70.1 Å². The van der Waals surface area contributed by atoms with Gasteiger partial charge in [-0.1, -0.05) is 37.0 Å². The van der Waals surface area contributed by atoms with Crippen LogP contribution >= 0.6 is 23.2 Å². The van der Waals surface area contributed by atoms with Gasteiger partial charge in [0.25, 0.3) is 5.91 Å². The highest BCUT2D eigenvalue weighted by Gasteiger charge is 2.78. The van der Waals surface area contributed by atoms with Crippen molar-refractivity contribution in [1.82, 2.24) is 5.32 Å². The van der Waals surface area contributed by atoms with Crippen molar-refractivity contribution in [2.24, 2.45) is 11.3 Å². The third kappa shape index (κ3) is 4.30. The first-order chi connectivity index (χ1) is 13.4. The molecule has 0 spiro atoms. The minimum atomic E-state index is -6.22. The fourth-order valence-electron chi connectivity index (χ4n) is 3.49. The molecule has 0 atom stereocenters. The van der Waals surface area contributed by atoms with Crippen LogP contribution < -0.4 is 5.32 Å². The highest BCUT2D eigenvalue weighted by Crippen LogP contribution is 2.52. The smallest absolute Gasteiger partial charge is 0.329 e. The van der Waals surface area contributed by atoms with Crippen LogP contribution in [0.15, 0.2) is 18.2 Å². The molecule has 12 heteroatoms. The van der Waals surface area contributed by atoms with Gasteiger partial charge in [0.1, 0.15) is 17.5 Å². The van der Waals surface area contributed by atoms with Crippen molar-refractivity contribution in [3.8, 4) is 0 Å². The molecule has 0 radical (unpaired) electrons. The Morgan fingerprint density at radius 1 is 1.00 bits per heavy atom. The summed E-state index contributed by atoms with van der Waals surface area (Å²) in [5.74, 6) is -8.17. The van der Waals surface area contributed by atoms with Gasteiger partial charge in [-0.15, -0.1) is 0 Å². The predicted molar refractivity (Wildman–Crippen MR) is 95.3 cm³/mol. The first-order valence-corrected chi connectivity index (χ1v) is 9.15. The first kappa shape index (κ1) is 24.5. The fraction of sp³-hybridized carbons (Fsp3) is 0.500. The van der Waals surface area contributed by atoms with Gasteiger partial charge in [-0.3, -0.25) is 14.4 Å². The van der Waals surface area contributed by atoms with E-state index in [9.17, 15) is 40.7 Å². The number of hydrogen-bond donors (Lipinski definition) is 1. The molecule has 2 rings (SSSR count). The van der Waals surface area contributed by atoms with Crippen LogP contribution in [0.3, 0.4) is 0 Å². The molecule has 1 aliphatic carbocycles. The van der Waals surface area contributed by atoms with Crippen molar-refractivity contribution >= 4 is 40.7 Å². The lowest BCUT2D eigenvalue weighted by Gasteiger charge is -2.45. The van der Waals surface area contributed by atoms with Crippen LogP contribution in [0.1, 0.15) is 37.0 Å². The summed E-state index contributed by atoms with van der Waals surface area (Å²) in [6, 6.07) is 2.80. The van der Waals surface area contributed by atoms with E-state index >= 15 is 0 Å². The Morgan fingerprint density at radius 3 is 1.87 bits per heavy atom. The summed E-state index contributed by atoms with van der Waals surface area (Å²) in [5, 5.41) is 0.354. The Bertz CT molecular complexity index is 861. The largest absolute Gasteiger partial charge is 0.421 e. The molecule has 1 saturated carbocycles. The molecule has 1 aromatic rings. The van der Waals surface area contributed by atoms with E-state index in [1.54, 1.807) is 0 Å². The third-order valence-corrected chi connectivity index (χ3v) is 5.31. The Hall–Kier alpha value is -1.81. The van der Waals surface area contributed by atoms with E-state index in [0.717, 1.165) is 23.5 Å².